The van der Waals surface area contributed by atoms with Gasteiger partial charge in [-0.1, -0.05) is 24.3 Å². The Balaban J connectivity index is 2.28. The maximum atomic E-state index is 13.6. The number of benzene rings is 2. The zero-order valence-corrected chi connectivity index (χ0v) is 11.9. The zero-order chi connectivity index (χ0) is 13.8. The Morgan fingerprint density at radius 3 is 2.32 bits per heavy atom. The Hall–Kier alpha value is -1.06. The molecule has 1 unspecified atom stereocenters. The van der Waals surface area contributed by atoms with E-state index in [-0.39, 0.29) is 12.0 Å². The van der Waals surface area contributed by atoms with Gasteiger partial charge in [-0.2, -0.15) is 0 Å². The second kappa shape index (κ2) is 6.40. The van der Waals surface area contributed by atoms with E-state index < -0.39 is 17.0 Å². The lowest BCUT2D eigenvalue weighted by molar-refractivity contribution is 0.552. The monoisotopic (exact) mass is 298 g/mol. The smallest absolute Gasteiger partial charge is 0.129 e. The molecule has 0 aromatic heterocycles. The third-order valence-electron chi connectivity index (χ3n) is 2.92. The SMILES string of the molecule is CSc1ccccc1C(Cl)Cc1c(F)cccc1F. The first-order valence-corrected chi connectivity index (χ1v) is 7.49. The van der Waals surface area contributed by atoms with E-state index in [2.05, 4.69) is 0 Å². The first-order chi connectivity index (χ1) is 9.13. The van der Waals surface area contributed by atoms with Gasteiger partial charge in [0.25, 0.3) is 0 Å². The van der Waals surface area contributed by atoms with Crippen LogP contribution in [0, 0.1) is 11.6 Å². The summed E-state index contributed by atoms with van der Waals surface area (Å²) in [5.74, 6) is -1.10. The van der Waals surface area contributed by atoms with Gasteiger partial charge in [-0.3, -0.25) is 0 Å². The predicted molar refractivity (Wildman–Crippen MR) is 76.9 cm³/mol. The molecule has 0 saturated heterocycles. The highest BCUT2D eigenvalue weighted by Gasteiger charge is 2.17. The van der Waals surface area contributed by atoms with Gasteiger partial charge in [0.15, 0.2) is 0 Å². The highest BCUT2D eigenvalue weighted by molar-refractivity contribution is 7.98. The summed E-state index contributed by atoms with van der Waals surface area (Å²) in [6, 6.07) is 11.5. The molecule has 0 bridgehead atoms. The largest absolute Gasteiger partial charge is 0.207 e. The van der Waals surface area contributed by atoms with Gasteiger partial charge in [0.2, 0.25) is 0 Å². The van der Waals surface area contributed by atoms with Gasteiger partial charge in [-0.25, -0.2) is 8.78 Å². The lowest BCUT2D eigenvalue weighted by Crippen LogP contribution is -2.02. The van der Waals surface area contributed by atoms with Crippen LogP contribution in [0.15, 0.2) is 47.4 Å². The summed E-state index contributed by atoms with van der Waals surface area (Å²) in [5.41, 5.74) is 0.942. The highest BCUT2D eigenvalue weighted by atomic mass is 35.5. The summed E-state index contributed by atoms with van der Waals surface area (Å²) >= 11 is 7.89. The Morgan fingerprint density at radius 1 is 1.05 bits per heavy atom. The number of alkyl halides is 1. The van der Waals surface area contributed by atoms with Gasteiger partial charge in [-0.05, 0) is 36.4 Å². The van der Waals surface area contributed by atoms with Crippen LogP contribution >= 0.6 is 23.4 Å². The van der Waals surface area contributed by atoms with Crippen LogP contribution in [0.1, 0.15) is 16.5 Å². The average molecular weight is 299 g/mol. The molecule has 0 amide bonds. The van der Waals surface area contributed by atoms with Gasteiger partial charge < -0.3 is 0 Å². The standard InChI is InChI=1S/C15H13ClF2S/c1-19-15-8-3-2-5-10(15)12(16)9-11-13(17)6-4-7-14(11)18/h2-8,12H,9H2,1H3. The van der Waals surface area contributed by atoms with E-state index in [1.807, 2.05) is 30.5 Å². The molecule has 1 atom stereocenters. The van der Waals surface area contributed by atoms with Crippen LogP contribution in [0.2, 0.25) is 0 Å². The van der Waals surface area contributed by atoms with Gasteiger partial charge in [0.05, 0.1) is 5.38 Å². The molecule has 0 aliphatic rings. The number of halogens is 3. The summed E-state index contributed by atoms with van der Waals surface area (Å²) in [6.45, 7) is 0. The fourth-order valence-electron chi connectivity index (χ4n) is 1.94. The van der Waals surface area contributed by atoms with Crippen LogP contribution in [-0.4, -0.2) is 6.26 Å². The first kappa shape index (κ1) is 14.4. The van der Waals surface area contributed by atoms with Crippen molar-refractivity contribution in [3.63, 3.8) is 0 Å². The molecule has 0 fully saturated rings. The fraction of sp³-hybridized carbons (Fsp3) is 0.200. The van der Waals surface area contributed by atoms with Crippen molar-refractivity contribution in [3.8, 4) is 0 Å². The Bertz CT molecular complexity index is 552. The zero-order valence-electron chi connectivity index (χ0n) is 10.4. The first-order valence-electron chi connectivity index (χ1n) is 5.83. The molecule has 0 N–H and O–H groups in total. The Morgan fingerprint density at radius 2 is 1.68 bits per heavy atom. The molecular formula is C15H13ClF2S. The van der Waals surface area contributed by atoms with Crippen LogP contribution in [0.5, 0.6) is 0 Å². The van der Waals surface area contributed by atoms with E-state index in [1.165, 1.54) is 18.2 Å². The van der Waals surface area contributed by atoms with Gasteiger partial charge in [0.1, 0.15) is 11.6 Å². The minimum Gasteiger partial charge on any atom is -0.207 e. The molecule has 2 aromatic carbocycles. The lowest BCUT2D eigenvalue weighted by atomic mass is 10.0. The quantitative estimate of drug-likeness (QED) is 0.551. The summed E-state index contributed by atoms with van der Waals surface area (Å²) in [5, 5.41) is -0.449. The molecule has 0 heterocycles. The molecule has 0 aliphatic heterocycles. The normalized spacial score (nSPS) is 12.4. The van der Waals surface area contributed by atoms with E-state index >= 15 is 0 Å². The molecule has 0 radical (unpaired) electrons. The fourth-order valence-corrected chi connectivity index (χ4v) is 3.01. The molecule has 19 heavy (non-hydrogen) atoms. The summed E-state index contributed by atoms with van der Waals surface area (Å²) in [4.78, 5) is 1.03. The van der Waals surface area contributed by atoms with E-state index in [0.29, 0.717) is 0 Å². The maximum absolute atomic E-state index is 13.6. The second-order valence-electron chi connectivity index (χ2n) is 4.11. The topological polar surface area (TPSA) is 0 Å². The third kappa shape index (κ3) is 3.28. The Labute approximate surface area is 120 Å². The van der Waals surface area contributed by atoms with Crippen LogP contribution in [0.3, 0.4) is 0 Å². The van der Waals surface area contributed by atoms with E-state index in [9.17, 15) is 8.78 Å². The minimum atomic E-state index is -0.549. The van der Waals surface area contributed by atoms with Crippen molar-refractivity contribution in [1.29, 1.82) is 0 Å². The summed E-state index contributed by atoms with van der Waals surface area (Å²) in [6.07, 6.45) is 2.09. The summed E-state index contributed by atoms with van der Waals surface area (Å²) < 4.78 is 27.2. The highest BCUT2D eigenvalue weighted by Crippen LogP contribution is 2.33. The third-order valence-corrected chi connectivity index (χ3v) is 4.12. The molecule has 2 aromatic rings. The number of hydrogen-bond donors (Lipinski definition) is 0. The molecule has 0 nitrogen and oxygen atoms in total. The molecular weight excluding hydrogens is 286 g/mol. The van der Waals surface area contributed by atoms with Crippen molar-refractivity contribution in [3.05, 3.63) is 65.2 Å². The van der Waals surface area contributed by atoms with E-state index in [1.54, 1.807) is 11.8 Å². The molecule has 4 heteroatoms. The van der Waals surface area contributed by atoms with Crippen molar-refractivity contribution in [2.45, 2.75) is 16.7 Å². The lowest BCUT2D eigenvalue weighted by Gasteiger charge is -2.14. The van der Waals surface area contributed by atoms with Crippen molar-refractivity contribution < 1.29 is 8.78 Å². The Kier molecular flexibility index (Phi) is 4.83. The van der Waals surface area contributed by atoms with Crippen LogP contribution < -0.4 is 0 Å². The van der Waals surface area contributed by atoms with Crippen LogP contribution in [-0.2, 0) is 6.42 Å². The number of rotatable bonds is 4. The van der Waals surface area contributed by atoms with Gasteiger partial charge in [0, 0.05) is 10.5 Å². The van der Waals surface area contributed by atoms with Crippen molar-refractivity contribution in [2.24, 2.45) is 0 Å². The van der Waals surface area contributed by atoms with Gasteiger partial charge >= 0.3 is 0 Å². The minimum absolute atomic E-state index is 0.0402. The molecule has 100 valence electrons. The maximum Gasteiger partial charge on any atom is 0.129 e. The predicted octanol–water partition coefficient (Wildman–Crippen LogP) is 5.21. The summed E-state index contributed by atoms with van der Waals surface area (Å²) in [7, 11) is 0. The average Bonchev–Trinajstić information content (AvgIpc) is 2.42. The number of hydrogen-bond acceptors (Lipinski definition) is 1. The molecule has 0 saturated carbocycles. The van der Waals surface area contributed by atoms with Crippen LogP contribution in [0.25, 0.3) is 0 Å². The van der Waals surface area contributed by atoms with Crippen molar-refractivity contribution >= 4 is 23.4 Å². The van der Waals surface area contributed by atoms with Crippen molar-refractivity contribution in [2.75, 3.05) is 6.26 Å². The second-order valence-corrected chi connectivity index (χ2v) is 5.49. The molecule has 0 spiro atoms. The van der Waals surface area contributed by atoms with Gasteiger partial charge in [-0.15, -0.1) is 23.4 Å². The van der Waals surface area contributed by atoms with E-state index in [0.717, 1.165) is 10.5 Å². The van der Waals surface area contributed by atoms with Crippen LogP contribution in [0.4, 0.5) is 8.78 Å². The van der Waals surface area contributed by atoms with E-state index in [4.69, 9.17) is 11.6 Å². The number of thioether (sulfide) groups is 1. The molecule has 2 rings (SSSR count). The van der Waals surface area contributed by atoms with Crippen molar-refractivity contribution in [1.82, 2.24) is 0 Å². The molecule has 0 aliphatic carbocycles.